The molecule has 0 unspecified atom stereocenters. The zero-order valence-corrected chi connectivity index (χ0v) is 11.1. The highest BCUT2D eigenvalue weighted by Crippen LogP contribution is 2.29. The van der Waals surface area contributed by atoms with Crippen LogP contribution in [0.2, 0.25) is 0 Å². The van der Waals surface area contributed by atoms with Gasteiger partial charge >= 0.3 is 5.97 Å². The number of hydrogen-bond acceptors (Lipinski definition) is 2. The third-order valence-corrected chi connectivity index (χ3v) is 3.45. The lowest BCUT2D eigenvalue weighted by Gasteiger charge is -2.08. The second-order valence-electron chi connectivity index (χ2n) is 4.74. The van der Waals surface area contributed by atoms with Gasteiger partial charge in [0.1, 0.15) is 0 Å². The van der Waals surface area contributed by atoms with E-state index in [4.69, 9.17) is 10.4 Å². The van der Waals surface area contributed by atoms with Gasteiger partial charge in [-0.2, -0.15) is 5.26 Å². The molecule has 3 nitrogen and oxygen atoms in total. The molecule has 0 amide bonds. The molecule has 21 heavy (non-hydrogen) atoms. The summed E-state index contributed by atoms with van der Waals surface area (Å²) in [6.45, 7) is 0. The Hall–Kier alpha value is -3.12. The van der Waals surface area contributed by atoms with Crippen molar-refractivity contribution >= 4 is 16.7 Å². The van der Waals surface area contributed by atoms with Crippen molar-refractivity contribution in [2.24, 2.45) is 0 Å². The van der Waals surface area contributed by atoms with Gasteiger partial charge in [0.05, 0.1) is 17.2 Å². The first-order valence-corrected chi connectivity index (χ1v) is 6.45. The van der Waals surface area contributed by atoms with Crippen LogP contribution in [0.5, 0.6) is 0 Å². The molecule has 0 atom stereocenters. The highest BCUT2D eigenvalue weighted by Gasteiger charge is 2.08. The van der Waals surface area contributed by atoms with Gasteiger partial charge in [-0.05, 0) is 46.2 Å². The minimum Gasteiger partial charge on any atom is -0.478 e. The van der Waals surface area contributed by atoms with E-state index in [-0.39, 0.29) is 5.56 Å². The summed E-state index contributed by atoms with van der Waals surface area (Å²) in [6.07, 6.45) is 0. The van der Waals surface area contributed by atoms with Crippen molar-refractivity contribution in [3.8, 4) is 17.2 Å². The molecule has 3 heteroatoms. The van der Waals surface area contributed by atoms with Crippen molar-refractivity contribution in [1.29, 1.82) is 5.26 Å². The van der Waals surface area contributed by atoms with Crippen LogP contribution in [0.15, 0.2) is 60.7 Å². The molecule has 0 fully saturated rings. The Kier molecular flexibility index (Phi) is 3.13. The molecule has 0 heterocycles. The van der Waals surface area contributed by atoms with Gasteiger partial charge < -0.3 is 5.11 Å². The van der Waals surface area contributed by atoms with Gasteiger partial charge in [-0.25, -0.2) is 4.79 Å². The number of nitrogens with zero attached hydrogens (tertiary/aromatic N) is 1. The van der Waals surface area contributed by atoms with E-state index < -0.39 is 5.97 Å². The van der Waals surface area contributed by atoms with Gasteiger partial charge in [0.15, 0.2) is 0 Å². The van der Waals surface area contributed by atoms with E-state index in [0.717, 1.165) is 21.9 Å². The van der Waals surface area contributed by atoms with Crippen LogP contribution in [-0.4, -0.2) is 11.1 Å². The van der Waals surface area contributed by atoms with Crippen LogP contribution in [0.4, 0.5) is 0 Å². The minimum absolute atomic E-state index is 0.267. The summed E-state index contributed by atoms with van der Waals surface area (Å²) in [5, 5.41) is 19.9. The van der Waals surface area contributed by atoms with Gasteiger partial charge in [0.25, 0.3) is 0 Å². The Morgan fingerprint density at radius 2 is 1.76 bits per heavy atom. The molecule has 1 N–H and O–H groups in total. The monoisotopic (exact) mass is 273 g/mol. The van der Waals surface area contributed by atoms with Crippen LogP contribution >= 0.6 is 0 Å². The Morgan fingerprint density at radius 3 is 2.43 bits per heavy atom. The Balaban J connectivity index is 2.23. The lowest BCUT2D eigenvalue weighted by molar-refractivity contribution is 0.0697. The molecule has 0 radical (unpaired) electrons. The molecule has 0 aliphatic carbocycles. The van der Waals surface area contributed by atoms with Crippen molar-refractivity contribution in [3.63, 3.8) is 0 Å². The van der Waals surface area contributed by atoms with Gasteiger partial charge in [-0.1, -0.05) is 36.4 Å². The molecule has 100 valence electrons. The number of rotatable bonds is 2. The van der Waals surface area contributed by atoms with Crippen molar-refractivity contribution in [2.75, 3.05) is 0 Å². The van der Waals surface area contributed by atoms with E-state index in [0.29, 0.717) is 5.56 Å². The zero-order chi connectivity index (χ0) is 14.8. The summed E-state index contributed by atoms with van der Waals surface area (Å²) < 4.78 is 0. The molecule has 0 aliphatic heterocycles. The van der Waals surface area contributed by atoms with E-state index in [1.54, 1.807) is 24.3 Å². The van der Waals surface area contributed by atoms with E-state index in [9.17, 15) is 4.79 Å². The first kappa shape index (κ1) is 12.9. The fraction of sp³-hybridized carbons (Fsp3) is 0. The number of carboxylic acid groups (broad SMARTS) is 1. The number of carboxylic acids is 1. The van der Waals surface area contributed by atoms with Gasteiger partial charge in [0.2, 0.25) is 0 Å². The summed E-state index contributed by atoms with van der Waals surface area (Å²) in [6, 6.07) is 20.3. The molecule has 0 spiro atoms. The average Bonchev–Trinajstić information content (AvgIpc) is 2.54. The summed E-state index contributed by atoms with van der Waals surface area (Å²) in [4.78, 5) is 11.1. The predicted molar refractivity (Wildman–Crippen MR) is 81.1 cm³/mol. The lowest BCUT2D eigenvalue weighted by atomic mass is 9.96. The highest BCUT2D eigenvalue weighted by molar-refractivity contribution is 6.01. The SMILES string of the molecule is N#Cc1ccc(-c2cccc3ccc(C(=O)O)cc23)cc1. The first-order chi connectivity index (χ1) is 10.2. The standard InChI is InChI=1S/C18H11NO2/c19-11-12-4-6-14(7-5-12)16-3-1-2-13-8-9-15(18(20)21)10-17(13)16/h1-10H,(H,20,21). The fourth-order valence-electron chi connectivity index (χ4n) is 2.38. The molecule has 0 bridgehead atoms. The summed E-state index contributed by atoms with van der Waals surface area (Å²) in [5.74, 6) is -0.938. The molecule has 0 aromatic heterocycles. The van der Waals surface area contributed by atoms with Crippen molar-refractivity contribution < 1.29 is 9.90 Å². The molecule has 3 aromatic rings. The van der Waals surface area contributed by atoms with Crippen LogP contribution in [0.25, 0.3) is 21.9 Å². The number of benzene rings is 3. The van der Waals surface area contributed by atoms with Gasteiger partial charge in [-0.15, -0.1) is 0 Å². The smallest absolute Gasteiger partial charge is 0.335 e. The number of carbonyl (C=O) groups is 1. The maximum absolute atomic E-state index is 11.1. The molecular weight excluding hydrogens is 262 g/mol. The van der Waals surface area contributed by atoms with Crippen LogP contribution in [0.1, 0.15) is 15.9 Å². The van der Waals surface area contributed by atoms with Crippen LogP contribution in [0, 0.1) is 11.3 Å². The molecule has 3 rings (SSSR count). The second kappa shape index (κ2) is 5.10. The topological polar surface area (TPSA) is 61.1 Å². The molecule has 0 aliphatic rings. The highest BCUT2D eigenvalue weighted by atomic mass is 16.4. The van der Waals surface area contributed by atoms with Gasteiger partial charge in [-0.3, -0.25) is 0 Å². The normalized spacial score (nSPS) is 10.2. The average molecular weight is 273 g/mol. The number of nitriles is 1. The Labute approximate surface area is 121 Å². The molecule has 3 aromatic carbocycles. The predicted octanol–water partition coefficient (Wildman–Crippen LogP) is 4.08. The maximum atomic E-state index is 11.1. The van der Waals surface area contributed by atoms with Crippen molar-refractivity contribution in [3.05, 3.63) is 71.8 Å². The van der Waals surface area contributed by atoms with Gasteiger partial charge in [0, 0.05) is 0 Å². The minimum atomic E-state index is -0.938. The third-order valence-electron chi connectivity index (χ3n) is 3.45. The van der Waals surface area contributed by atoms with Crippen LogP contribution < -0.4 is 0 Å². The van der Waals surface area contributed by atoms with Crippen molar-refractivity contribution in [2.45, 2.75) is 0 Å². The largest absolute Gasteiger partial charge is 0.478 e. The fourth-order valence-corrected chi connectivity index (χ4v) is 2.38. The Bertz CT molecular complexity index is 874. The second-order valence-corrected chi connectivity index (χ2v) is 4.74. The number of aromatic carboxylic acids is 1. The van der Waals surface area contributed by atoms with E-state index in [2.05, 4.69) is 6.07 Å². The van der Waals surface area contributed by atoms with Crippen molar-refractivity contribution in [1.82, 2.24) is 0 Å². The quantitative estimate of drug-likeness (QED) is 0.765. The number of hydrogen-bond donors (Lipinski definition) is 1. The van der Waals surface area contributed by atoms with E-state index in [1.807, 2.05) is 36.4 Å². The third kappa shape index (κ3) is 2.35. The molecule has 0 saturated heterocycles. The van der Waals surface area contributed by atoms with E-state index in [1.165, 1.54) is 0 Å². The zero-order valence-electron chi connectivity index (χ0n) is 11.1. The van der Waals surface area contributed by atoms with Crippen LogP contribution in [-0.2, 0) is 0 Å². The number of fused-ring (bicyclic) bond motifs is 1. The Morgan fingerprint density at radius 1 is 1.00 bits per heavy atom. The molecular formula is C18H11NO2. The first-order valence-electron chi connectivity index (χ1n) is 6.45. The maximum Gasteiger partial charge on any atom is 0.335 e. The summed E-state index contributed by atoms with van der Waals surface area (Å²) in [5.41, 5.74) is 2.79. The van der Waals surface area contributed by atoms with E-state index >= 15 is 0 Å². The lowest BCUT2D eigenvalue weighted by Crippen LogP contribution is -1.95. The van der Waals surface area contributed by atoms with Crippen LogP contribution in [0.3, 0.4) is 0 Å². The summed E-state index contributed by atoms with van der Waals surface area (Å²) in [7, 11) is 0. The summed E-state index contributed by atoms with van der Waals surface area (Å²) >= 11 is 0. The molecule has 0 saturated carbocycles.